The highest BCUT2D eigenvalue weighted by Crippen LogP contribution is 2.48. The lowest BCUT2D eigenvalue weighted by molar-refractivity contribution is -0.125. The minimum Gasteiger partial charge on any atom is -0.351 e. The quantitative estimate of drug-likeness (QED) is 0.0335. The molecule has 18 heteroatoms. The second-order valence-corrected chi connectivity index (χ2v) is 42.2. The molecule has 5 heterocycles. The average molecular weight is 1990 g/mol. The lowest BCUT2D eigenvalue weighted by atomic mass is 9.77. The maximum absolute atomic E-state index is 13.4. The third kappa shape index (κ3) is 25.8. The summed E-state index contributed by atoms with van der Waals surface area (Å²) in [4.78, 5) is 78.8. The van der Waals surface area contributed by atoms with E-state index in [2.05, 4.69) is 257 Å². The number of likely N-dealkylation sites (tertiary alicyclic amines) is 5. The van der Waals surface area contributed by atoms with E-state index >= 15 is 0 Å². The van der Waals surface area contributed by atoms with Crippen LogP contribution in [-0.4, -0.2) is 182 Å². The van der Waals surface area contributed by atoms with Crippen LogP contribution in [0.1, 0.15) is 188 Å². The number of rotatable bonds is 27. The second kappa shape index (κ2) is 49.4. The summed E-state index contributed by atoms with van der Waals surface area (Å²) in [5, 5.41) is 16.7. The van der Waals surface area contributed by atoms with Gasteiger partial charge in [-0.25, -0.2) is 13.2 Å². The molecule has 15 nitrogen and oxygen atoms in total. The highest BCUT2D eigenvalue weighted by Gasteiger charge is 2.42. The van der Waals surface area contributed by atoms with Crippen LogP contribution in [0.25, 0.3) is 22.3 Å². The normalized spacial score (nSPS) is 19.0. The van der Waals surface area contributed by atoms with Crippen molar-refractivity contribution in [1.82, 2.24) is 51.1 Å². The summed E-state index contributed by atoms with van der Waals surface area (Å²) < 4.78 is 39.2. The van der Waals surface area contributed by atoms with Crippen LogP contribution in [0.4, 0.5) is 13.2 Å². The zero-order chi connectivity index (χ0) is 102. The summed E-state index contributed by atoms with van der Waals surface area (Å²) in [6.45, 7) is 14.5. The standard InChI is InChI=1S/C27H27FN2O.C27H28N2O.C26H25FN2O.C26H26N2O.C25H31FN2O/c28-22-11-9-19(10-12-22)13-15-30-16-14-23(18-30)29-27(31)26-24-7-3-1-5-20(24)17-21-6-2-4-8-25(21)26;30-27(28-23-15-17-29(19-23)16-14-20-8-2-1-3-9-20)26-24-12-6-4-10-21(24)18-22-11-5-7-13-25(22)26;27-19-11-9-18(10-12-19)13-15-29-16-14-20(17-29)28-26(30)25-23-7-3-1-5-21(23)22-6-2-4-8-24(22)25;29-26(25-23-12-6-4-10-21(23)22-11-5-7-13-24(22)25)27-20-15-17-28(18-20)16-14-19-8-2-1-3-9-19;26-22-12-10-19(11-13-22)14-16-28-17-15-23(18-28)27-25(29)24(21-8-4-5-9-21)20-6-2-1-3-7-20/h1-12,23,26H,13-18H2,(H,29,31);1-13,23,26H,14-19H2,(H,28,30);1-12,20,25H,13-17H2,(H,28,30);1-13,20,25H,14-18H2,(H,27,29);1-3,6-7,10-13,21,23-24H,4-5,8-9,14-18H2,(H,27,29)/t2*23-;2*20-;23-,24?/m00000/s1. The molecular weight excluding hydrogens is 1850 g/mol. The summed E-state index contributed by atoms with van der Waals surface area (Å²) in [6, 6.07) is 119. The highest BCUT2D eigenvalue weighted by atomic mass is 19.1. The lowest BCUT2D eigenvalue weighted by Crippen LogP contribution is -2.41. The van der Waals surface area contributed by atoms with Crippen LogP contribution >= 0.6 is 0 Å². The van der Waals surface area contributed by atoms with E-state index in [0.29, 0.717) is 5.92 Å². The average Bonchev–Trinajstić information content (AvgIpc) is 1.68. The topological polar surface area (TPSA) is 162 Å². The molecule has 5 aliphatic carbocycles. The third-order valence-corrected chi connectivity index (χ3v) is 32.4. The van der Waals surface area contributed by atoms with Gasteiger partial charge >= 0.3 is 0 Å². The molecule has 5 N–H and O–H groups in total. The number of fused-ring (bicyclic) bond motifs is 10. The Morgan fingerprint density at radius 2 is 0.463 bits per heavy atom. The van der Waals surface area contributed by atoms with Gasteiger partial charge in [-0.05, 0) is 255 Å². The Labute approximate surface area is 876 Å². The van der Waals surface area contributed by atoms with Gasteiger partial charge in [0.2, 0.25) is 29.5 Å². The van der Waals surface area contributed by atoms with E-state index in [1.54, 1.807) is 0 Å². The van der Waals surface area contributed by atoms with Crippen molar-refractivity contribution >= 4 is 29.5 Å². The number of hydrogen-bond donors (Lipinski definition) is 5. The molecule has 762 valence electrons. The molecule has 10 aliphatic rings. The smallest absolute Gasteiger partial charge is 0.232 e. The third-order valence-electron chi connectivity index (χ3n) is 32.4. The first-order valence-electron chi connectivity index (χ1n) is 54.3. The van der Waals surface area contributed by atoms with Crippen LogP contribution in [0, 0.1) is 23.4 Å². The Balaban J connectivity index is 0.000000113. The van der Waals surface area contributed by atoms with Gasteiger partial charge in [-0.1, -0.05) is 334 Å². The molecule has 6 atom stereocenters. The summed E-state index contributed by atoms with van der Waals surface area (Å²) in [5.41, 5.74) is 26.1. The van der Waals surface area contributed by atoms with Crippen LogP contribution in [0.2, 0.25) is 0 Å². The summed E-state index contributed by atoms with van der Waals surface area (Å²) in [6.07, 6.45) is 16.4. The molecule has 0 bridgehead atoms. The number of nitrogens with zero attached hydrogens (tertiary/aromatic N) is 5. The van der Waals surface area contributed by atoms with E-state index in [4.69, 9.17) is 0 Å². The number of carbonyl (C=O) groups is 5. The van der Waals surface area contributed by atoms with Crippen LogP contribution in [0.3, 0.4) is 0 Å². The predicted molar refractivity (Wildman–Crippen MR) is 589 cm³/mol. The SMILES string of the molecule is O=C(N[C@H]1CCN(CCc2ccc(F)cc2)C1)C(c1ccccc1)C1CCCC1.O=C(N[C@H]1CCN(CCc2ccc(F)cc2)C1)C1c2ccccc2-c2ccccc21.O=C(N[C@H]1CCN(CCc2ccc(F)cc2)C1)C1c2ccccc2Cc2ccccc21.O=C(N[C@H]1CCN(CCc2ccccc2)C1)C1c2ccccc2-c2ccccc21.O=C(N[C@H]1CCN(CCc2ccccc2)C1)C1c2ccccc2Cc2ccccc21. The monoisotopic (exact) mass is 1990 g/mol. The lowest BCUT2D eigenvalue weighted by Gasteiger charge is -2.28. The van der Waals surface area contributed by atoms with Gasteiger partial charge in [-0.3, -0.25) is 24.0 Å². The van der Waals surface area contributed by atoms with Crippen molar-refractivity contribution < 1.29 is 37.1 Å². The fourth-order valence-electron chi connectivity index (χ4n) is 24.6. The van der Waals surface area contributed by atoms with Crippen LogP contribution in [0.5, 0.6) is 0 Å². The molecule has 6 fully saturated rings. The van der Waals surface area contributed by atoms with E-state index in [9.17, 15) is 37.1 Å². The zero-order valence-corrected chi connectivity index (χ0v) is 85.2. The van der Waals surface area contributed by atoms with E-state index in [1.807, 2.05) is 115 Å². The molecular formula is C131H137F3N10O5. The van der Waals surface area contributed by atoms with Crippen LogP contribution in [0.15, 0.2) is 358 Å². The van der Waals surface area contributed by atoms with E-state index in [1.165, 1.54) is 105 Å². The molecule has 5 aliphatic heterocycles. The number of carbonyl (C=O) groups excluding carboxylic acids is 5. The summed E-state index contributed by atoms with van der Waals surface area (Å²) >= 11 is 0. The number of benzene rings is 14. The van der Waals surface area contributed by atoms with Gasteiger partial charge in [0.1, 0.15) is 17.5 Å². The van der Waals surface area contributed by atoms with Crippen molar-refractivity contribution in [3.63, 3.8) is 0 Å². The van der Waals surface area contributed by atoms with Crippen molar-refractivity contribution in [3.05, 3.63) is 476 Å². The molecule has 5 amide bonds. The van der Waals surface area contributed by atoms with Gasteiger partial charge < -0.3 is 51.1 Å². The fraction of sp³-hybridized carbons (Fsp3) is 0.321. The molecule has 1 saturated carbocycles. The van der Waals surface area contributed by atoms with Crippen LogP contribution in [-0.2, 0) is 68.9 Å². The number of hydrogen-bond acceptors (Lipinski definition) is 10. The Morgan fingerprint density at radius 1 is 0.242 bits per heavy atom. The number of amides is 5. The summed E-state index contributed by atoms with van der Waals surface area (Å²) in [5.74, 6) is -0.326. The minimum atomic E-state index is -0.241. The molecule has 0 radical (unpaired) electrons. The first kappa shape index (κ1) is 102. The molecule has 24 rings (SSSR count). The second-order valence-electron chi connectivity index (χ2n) is 42.2. The Hall–Kier alpha value is -14.0. The van der Waals surface area contributed by atoms with Gasteiger partial charge in [0.15, 0.2) is 0 Å². The Bertz CT molecular complexity index is 6690. The highest BCUT2D eigenvalue weighted by molar-refractivity contribution is 5.98. The zero-order valence-electron chi connectivity index (χ0n) is 85.2. The first-order chi connectivity index (χ1) is 73.1. The predicted octanol–water partition coefficient (Wildman–Crippen LogP) is 21.6. The Kier molecular flexibility index (Phi) is 33.9. The molecule has 5 saturated heterocycles. The molecule has 0 spiro atoms. The molecule has 14 aromatic rings. The fourth-order valence-corrected chi connectivity index (χ4v) is 24.6. The van der Waals surface area contributed by atoms with Crippen molar-refractivity contribution in [2.75, 3.05) is 98.2 Å². The maximum Gasteiger partial charge on any atom is 0.232 e. The van der Waals surface area contributed by atoms with Gasteiger partial charge in [0.25, 0.3) is 0 Å². The Morgan fingerprint density at radius 3 is 0.738 bits per heavy atom. The van der Waals surface area contributed by atoms with Crippen molar-refractivity contribution in [2.45, 2.75) is 163 Å². The van der Waals surface area contributed by atoms with Gasteiger partial charge in [0.05, 0.1) is 29.6 Å². The number of nitrogens with one attached hydrogen (secondary N) is 5. The van der Waals surface area contributed by atoms with Gasteiger partial charge in [-0.2, -0.15) is 0 Å². The van der Waals surface area contributed by atoms with Crippen LogP contribution < -0.4 is 26.6 Å². The van der Waals surface area contributed by atoms with E-state index in [0.717, 1.165) is 255 Å². The van der Waals surface area contributed by atoms with Crippen molar-refractivity contribution in [1.29, 1.82) is 0 Å². The van der Waals surface area contributed by atoms with Gasteiger partial charge in [-0.15, -0.1) is 0 Å². The summed E-state index contributed by atoms with van der Waals surface area (Å²) in [7, 11) is 0. The largest absolute Gasteiger partial charge is 0.351 e. The minimum absolute atomic E-state index is 0.0213. The molecule has 1 unspecified atom stereocenters. The van der Waals surface area contributed by atoms with E-state index in [-0.39, 0.29) is 107 Å². The first-order valence-corrected chi connectivity index (χ1v) is 54.3. The number of halogens is 3. The molecule has 0 aromatic heterocycles. The maximum atomic E-state index is 13.4. The van der Waals surface area contributed by atoms with Gasteiger partial charge in [0, 0.05) is 128 Å². The van der Waals surface area contributed by atoms with Crippen molar-refractivity contribution in [3.8, 4) is 22.3 Å². The van der Waals surface area contributed by atoms with E-state index < -0.39 is 0 Å². The molecule has 149 heavy (non-hydrogen) atoms. The van der Waals surface area contributed by atoms with Crippen molar-refractivity contribution in [2.24, 2.45) is 5.92 Å². The molecule has 14 aromatic carbocycles.